The van der Waals surface area contributed by atoms with E-state index in [1.54, 1.807) is 0 Å². The Bertz CT molecular complexity index is 505. The predicted octanol–water partition coefficient (Wildman–Crippen LogP) is 2.39. The largest absolute Gasteiger partial charge is 0.393 e. The van der Waals surface area contributed by atoms with Gasteiger partial charge in [0.15, 0.2) is 0 Å². The van der Waals surface area contributed by atoms with Crippen LogP contribution in [0.5, 0.6) is 0 Å². The second-order valence-electron chi connectivity index (χ2n) is 4.78. The lowest BCUT2D eigenvalue weighted by molar-refractivity contribution is -0.384. The Morgan fingerprint density at radius 3 is 2.65 bits per heavy atom. The topological polar surface area (TPSA) is 92.5 Å². The molecule has 0 aromatic heterocycles. The molecule has 0 heterocycles. The number of hydrogen-bond donors (Lipinski definition) is 2. The first kappa shape index (κ1) is 16.4. The van der Waals surface area contributed by atoms with Gasteiger partial charge in [0.1, 0.15) is 5.02 Å². The van der Waals surface area contributed by atoms with Crippen LogP contribution in [0.2, 0.25) is 5.02 Å². The van der Waals surface area contributed by atoms with Gasteiger partial charge < -0.3 is 10.4 Å². The summed E-state index contributed by atoms with van der Waals surface area (Å²) in [5.74, 6) is -0.251. The highest BCUT2D eigenvalue weighted by Crippen LogP contribution is 2.24. The molecule has 1 aromatic carbocycles. The standard InChI is InChI=1S/C13H17ClN2O4/c1-8(2)12(17)5-6-15-13(18)9-3-4-11(16(19)20)10(14)7-9/h3-4,7-8,12,17H,5-6H2,1-2H3,(H,15,18)/t12-/m0/s1. The fourth-order valence-corrected chi connectivity index (χ4v) is 1.81. The SMILES string of the molecule is CC(C)[C@@H](O)CCNC(=O)c1ccc([N+](=O)[O-])c(Cl)c1. The number of carbonyl (C=O) groups is 1. The van der Waals surface area contributed by atoms with Gasteiger partial charge in [0.05, 0.1) is 11.0 Å². The predicted molar refractivity (Wildman–Crippen MR) is 75.9 cm³/mol. The van der Waals surface area contributed by atoms with Crippen molar-refractivity contribution in [2.75, 3.05) is 6.54 Å². The van der Waals surface area contributed by atoms with Gasteiger partial charge in [-0.3, -0.25) is 14.9 Å². The first-order valence-corrected chi connectivity index (χ1v) is 6.61. The Morgan fingerprint density at radius 1 is 1.50 bits per heavy atom. The zero-order chi connectivity index (χ0) is 15.3. The molecule has 0 radical (unpaired) electrons. The normalized spacial score (nSPS) is 12.2. The smallest absolute Gasteiger partial charge is 0.287 e. The molecule has 0 aliphatic carbocycles. The third-order valence-electron chi connectivity index (χ3n) is 2.90. The number of amides is 1. The highest BCUT2D eigenvalue weighted by molar-refractivity contribution is 6.33. The van der Waals surface area contributed by atoms with Crippen LogP contribution in [0.1, 0.15) is 30.6 Å². The van der Waals surface area contributed by atoms with Gasteiger partial charge in [-0.1, -0.05) is 25.4 Å². The molecule has 0 aliphatic heterocycles. The fourth-order valence-electron chi connectivity index (χ4n) is 1.57. The summed E-state index contributed by atoms with van der Waals surface area (Å²) in [5, 5.41) is 22.8. The molecule has 1 amide bonds. The van der Waals surface area contributed by atoms with Crippen molar-refractivity contribution < 1.29 is 14.8 Å². The van der Waals surface area contributed by atoms with E-state index >= 15 is 0 Å². The number of nitrogens with one attached hydrogen (secondary N) is 1. The maximum absolute atomic E-state index is 11.8. The summed E-state index contributed by atoms with van der Waals surface area (Å²) in [6.45, 7) is 4.11. The van der Waals surface area contributed by atoms with Crippen molar-refractivity contribution in [3.63, 3.8) is 0 Å². The number of halogens is 1. The molecule has 0 fully saturated rings. The van der Waals surface area contributed by atoms with Gasteiger partial charge in [-0.2, -0.15) is 0 Å². The Hall–Kier alpha value is -1.66. The van der Waals surface area contributed by atoms with E-state index < -0.39 is 11.0 Å². The number of hydrogen-bond acceptors (Lipinski definition) is 4. The van der Waals surface area contributed by atoms with Gasteiger partial charge in [-0.05, 0) is 24.5 Å². The molecule has 2 N–H and O–H groups in total. The van der Waals surface area contributed by atoms with E-state index in [9.17, 15) is 20.0 Å². The lowest BCUT2D eigenvalue weighted by atomic mass is 10.0. The number of aliphatic hydroxyl groups excluding tert-OH is 1. The van der Waals surface area contributed by atoms with E-state index in [1.165, 1.54) is 18.2 Å². The van der Waals surface area contributed by atoms with E-state index in [0.29, 0.717) is 13.0 Å². The van der Waals surface area contributed by atoms with Crippen LogP contribution in [0.4, 0.5) is 5.69 Å². The molecular formula is C13H17ClN2O4. The van der Waals surface area contributed by atoms with Crippen LogP contribution in [0, 0.1) is 16.0 Å². The van der Waals surface area contributed by atoms with Crippen LogP contribution >= 0.6 is 11.6 Å². The average Bonchev–Trinajstić information content (AvgIpc) is 2.37. The van der Waals surface area contributed by atoms with E-state index in [4.69, 9.17) is 11.6 Å². The minimum Gasteiger partial charge on any atom is -0.393 e. The lowest BCUT2D eigenvalue weighted by Gasteiger charge is -2.14. The number of nitro groups is 1. The maximum Gasteiger partial charge on any atom is 0.287 e. The number of carbonyl (C=O) groups excluding carboxylic acids is 1. The Balaban J connectivity index is 2.60. The average molecular weight is 301 g/mol. The lowest BCUT2D eigenvalue weighted by Crippen LogP contribution is -2.28. The van der Waals surface area contributed by atoms with Gasteiger partial charge in [0.2, 0.25) is 0 Å². The zero-order valence-corrected chi connectivity index (χ0v) is 12.1. The first-order chi connectivity index (χ1) is 9.32. The molecule has 0 spiro atoms. The Morgan fingerprint density at radius 2 is 2.15 bits per heavy atom. The van der Waals surface area contributed by atoms with Crippen molar-refractivity contribution in [3.8, 4) is 0 Å². The molecule has 1 atom stereocenters. The second kappa shape index (κ2) is 7.21. The molecule has 0 aliphatic rings. The number of nitro benzene ring substituents is 1. The summed E-state index contributed by atoms with van der Waals surface area (Å²) in [6, 6.07) is 3.80. The quantitative estimate of drug-likeness (QED) is 0.623. The second-order valence-corrected chi connectivity index (χ2v) is 5.19. The highest BCUT2D eigenvalue weighted by Gasteiger charge is 2.15. The number of benzene rings is 1. The molecular weight excluding hydrogens is 284 g/mol. The van der Waals surface area contributed by atoms with E-state index in [-0.39, 0.29) is 28.1 Å². The highest BCUT2D eigenvalue weighted by atomic mass is 35.5. The summed E-state index contributed by atoms with van der Waals surface area (Å²) < 4.78 is 0. The summed E-state index contributed by atoms with van der Waals surface area (Å²) in [7, 11) is 0. The molecule has 0 saturated carbocycles. The van der Waals surface area contributed by atoms with Crippen LogP contribution < -0.4 is 5.32 Å². The van der Waals surface area contributed by atoms with Crippen molar-refractivity contribution in [3.05, 3.63) is 38.9 Å². The van der Waals surface area contributed by atoms with Crippen molar-refractivity contribution in [2.24, 2.45) is 5.92 Å². The van der Waals surface area contributed by atoms with Crippen LogP contribution in [0.3, 0.4) is 0 Å². The van der Waals surface area contributed by atoms with E-state index in [0.717, 1.165) is 0 Å². The minimum atomic E-state index is -0.608. The minimum absolute atomic E-state index is 0.0788. The number of nitrogens with zero attached hydrogens (tertiary/aromatic N) is 1. The van der Waals surface area contributed by atoms with Crippen molar-refractivity contribution in [1.82, 2.24) is 5.32 Å². The maximum atomic E-state index is 11.8. The summed E-state index contributed by atoms with van der Waals surface area (Å²) >= 11 is 5.73. The molecule has 0 saturated heterocycles. The van der Waals surface area contributed by atoms with Gasteiger partial charge in [0, 0.05) is 18.2 Å². The third kappa shape index (κ3) is 4.47. The first-order valence-electron chi connectivity index (χ1n) is 6.23. The van der Waals surface area contributed by atoms with Crippen LogP contribution in [-0.2, 0) is 0 Å². The number of rotatable bonds is 6. The van der Waals surface area contributed by atoms with Crippen LogP contribution in [0.15, 0.2) is 18.2 Å². The number of aliphatic hydroxyl groups is 1. The van der Waals surface area contributed by atoms with Gasteiger partial charge >= 0.3 is 0 Å². The molecule has 1 rings (SSSR count). The molecule has 0 bridgehead atoms. The van der Waals surface area contributed by atoms with Gasteiger partial charge in [0.25, 0.3) is 11.6 Å². The Kier molecular flexibility index (Phi) is 5.91. The molecule has 7 heteroatoms. The Labute approximate surface area is 121 Å². The summed E-state index contributed by atoms with van der Waals surface area (Å²) in [5.41, 5.74) is 0.0121. The zero-order valence-electron chi connectivity index (χ0n) is 11.3. The van der Waals surface area contributed by atoms with Crippen molar-refractivity contribution in [2.45, 2.75) is 26.4 Å². The molecule has 20 heavy (non-hydrogen) atoms. The van der Waals surface area contributed by atoms with Gasteiger partial charge in [-0.25, -0.2) is 0 Å². The van der Waals surface area contributed by atoms with Gasteiger partial charge in [-0.15, -0.1) is 0 Å². The van der Waals surface area contributed by atoms with Crippen LogP contribution in [0.25, 0.3) is 0 Å². The van der Waals surface area contributed by atoms with Crippen LogP contribution in [-0.4, -0.2) is 28.6 Å². The third-order valence-corrected chi connectivity index (χ3v) is 3.20. The fraction of sp³-hybridized carbons (Fsp3) is 0.462. The molecule has 1 aromatic rings. The summed E-state index contributed by atoms with van der Waals surface area (Å²) in [4.78, 5) is 21.8. The molecule has 0 unspecified atom stereocenters. The molecule has 110 valence electrons. The van der Waals surface area contributed by atoms with E-state index in [1.807, 2.05) is 13.8 Å². The van der Waals surface area contributed by atoms with Crippen molar-refractivity contribution in [1.29, 1.82) is 0 Å². The van der Waals surface area contributed by atoms with Crippen molar-refractivity contribution >= 4 is 23.2 Å². The summed E-state index contributed by atoms with van der Waals surface area (Å²) in [6.07, 6.45) is -0.0276. The monoisotopic (exact) mass is 300 g/mol. The van der Waals surface area contributed by atoms with E-state index in [2.05, 4.69) is 5.32 Å². The molecule has 6 nitrogen and oxygen atoms in total.